The van der Waals surface area contributed by atoms with Gasteiger partial charge in [0.15, 0.2) is 0 Å². The molecule has 0 aliphatic carbocycles. The van der Waals surface area contributed by atoms with Crippen LogP contribution in [-0.4, -0.2) is 35.3 Å². The smallest absolute Gasteiger partial charge is 0.424 e. The Morgan fingerprint density at radius 3 is 2.58 bits per heavy atom. The van der Waals surface area contributed by atoms with Gasteiger partial charge in [0.25, 0.3) is 0 Å². The number of carboxylic acid groups (broad SMARTS) is 1. The molecule has 3 N–H and O–H groups in total. The van der Waals surface area contributed by atoms with Crippen molar-refractivity contribution < 1.29 is 19.4 Å². The molecule has 70 valence electrons. The molecule has 6 heteroatoms. The number of amides is 1. The van der Waals surface area contributed by atoms with E-state index in [1.54, 1.807) is 6.92 Å². The number of hydrogen-bond donors (Lipinski definition) is 2. The van der Waals surface area contributed by atoms with Crippen molar-refractivity contribution in [2.75, 3.05) is 13.2 Å². The second-order valence-electron chi connectivity index (χ2n) is 2.04. The number of nitrogens with zero attached hydrogens (tertiary/aromatic N) is 1. The lowest BCUT2D eigenvalue weighted by Crippen LogP contribution is -2.39. The zero-order chi connectivity index (χ0) is 9.56. The third-order valence-corrected chi connectivity index (χ3v) is 1.07. The van der Waals surface area contributed by atoms with Crippen molar-refractivity contribution in [1.29, 1.82) is 0 Å². The van der Waals surface area contributed by atoms with Crippen LogP contribution in [0.25, 0.3) is 0 Å². The summed E-state index contributed by atoms with van der Waals surface area (Å²) in [7, 11) is 0. The first-order valence-electron chi connectivity index (χ1n) is 3.48. The molecule has 0 fully saturated rings. The topological polar surface area (TPSA) is 92.9 Å². The average molecular weight is 176 g/mol. The Hall–Kier alpha value is -1.30. The number of hydrazine groups is 1. The van der Waals surface area contributed by atoms with E-state index in [0.717, 1.165) is 5.01 Å². The van der Waals surface area contributed by atoms with E-state index >= 15 is 0 Å². The molecule has 0 atom stereocenters. The molecule has 0 aliphatic rings. The van der Waals surface area contributed by atoms with Crippen molar-refractivity contribution in [3.8, 4) is 0 Å². The van der Waals surface area contributed by atoms with Crippen LogP contribution in [0.4, 0.5) is 4.79 Å². The molecule has 0 heterocycles. The quantitative estimate of drug-likeness (QED) is 0.351. The molecule has 0 aliphatic heterocycles. The SMILES string of the molecule is CCOC(=O)N(N)CCC(=O)O. The fraction of sp³-hybridized carbons (Fsp3) is 0.667. The number of aliphatic carboxylic acids is 1. The van der Waals surface area contributed by atoms with E-state index in [0.29, 0.717) is 0 Å². The molecule has 0 saturated heterocycles. The van der Waals surface area contributed by atoms with Crippen molar-refractivity contribution in [1.82, 2.24) is 5.01 Å². The standard InChI is InChI=1S/C6H12N2O4/c1-2-12-6(11)8(7)4-3-5(9)10/h2-4,7H2,1H3,(H,9,10). The van der Waals surface area contributed by atoms with Crippen LogP contribution in [0.2, 0.25) is 0 Å². The molecule has 0 aromatic rings. The average Bonchev–Trinajstić information content (AvgIpc) is 2.00. The molecule has 12 heavy (non-hydrogen) atoms. The molecular weight excluding hydrogens is 164 g/mol. The molecular formula is C6H12N2O4. The highest BCUT2D eigenvalue weighted by Gasteiger charge is 2.10. The Balaban J connectivity index is 3.63. The highest BCUT2D eigenvalue weighted by atomic mass is 16.6. The normalized spacial score (nSPS) is 9.17. The first-order chi connectivity index (χ1) is 5.57. The summed E-state index contributed by atoms with van der Waals surface area (Å²) >= 11 is 0. The van der Waals surface area contributed by atoms with Gasteiger partial charge in [-0.05, 0) is 6.92 Å². The Bertz CT molecular complexity index is 171. The van der Waals surface area contributed by atoms with Crippen molar-refractivity contribution in [3.63, 3.8) is 0 Å². The van der Waals surface area contributed by atoms with Gasteiger partial charge >= 0.3 is 12.1 Å². The van der Waals surface area contributed by atoms with E-state index in [9.17, 15) is 9.59 Å². The second kappa shape index (κ2) is 5.36. The molecule has 0 unspecified atom stereocenters. The molecule has 0 saturated carbocycles. The van der Waals surface area contributed by atoms with Crippen LogP contribution in [0.5, 0.6) is 0 Å². The lowest BCUT2D eigenvalue weighted by atomic mass is 10.4. The van der Waals surface area contributed by atoms with E-state index < -0.39 is 12.1 Å². The predicted molar refractivity (Wildman–Crippen MR) is 40.2 cm³/mol. The summed E-state index contributed by atoms with van der Waals surface area (Å²) in [5.74, 6) is 4.14. The number of ether oxygens (including phenoxy) is 1. The monoisotopic (exact) mass is 176 g/mol. The van der Waals surface area contributed by atoms with Gasteiger partial charge in [-0.15, -0.1) is 0 Å². The van der Waals surface area contributed by atoms with Crippen molar-refractivity contribution >= 4 is 12.1 Å². The first-order valence-corrected chi connectivity index (χ1v) is 3.48. The minimum Gasteiger partial charge on any atom is -0.481 e. The van der Waals surface area contributed by atoms with Gasteiger partial charge < -0.3 is 9.84 Å². The molecule has 0 radical (unpaired) electrons. The summed E-state index contributed by atoms with van der Waals surface area (Å²) in [5.41, 5.74) is 0. The summed E-state index contributed by atoms with van der Waals surface area (Å²) in [6.07, 6.45) is -0.895. The van der Waals surface area contributed by atoms with Crippen LogP contribution in [0.15, 0.2) is 0 Å². The number of rotatable bonds is 4. The summed E-state index contributed by atoms with van der Waals surface area (Å²) in [6.45, 7) is 1.82. The summed E-state index contributed by atoms with van der Waals surface area (Å²) < 4.78 is 4.51. The fourth-order valence-corrected chi connectivity index (χ4v) is 0.514. The lowest BCUT2D eigenvalue weighted by molar-refractivity contribution is -0.137. The maximum absolute atomic E-state index is 10.7. The van der Waals surface area contributed by atoms with Gasteiger partial charge in [-0.3, -0.25) is 4.79 Å². The number of nitrogens with two attached hydrogens (primary N) is 1. The van der Waals surface area contributed by atoms with Gasteiger partial charge in [0, 0.05) is 0 Å². The van der Waals surface area contributed by atoms with Crippen LogP contribution in [0.3, 0.4) is 0 Å². The van der Waals surface area contributed by atoms with E-state index in [1.807, 2.05) is 0 Å². The minimum absolute atomic E-state index is 0.0475. The number of hydrogen-bond acceptors (Lipinski definition) is 4. The number of carbonyl (C=O) groups excluding carboxylic acids is 1. The molecule has 0 aromatic carbocycles. The largest absolute Gasteiger partial charge is 0.481 e. The van der Waals surface area contributed by atoms with E-state index in [2.05, 4.69) is 4.74 Å². The third-order valence-electron chi connectivity index (χ3n) is 1.07. The highest BCUT2D eigenvalue weighted by Crippen LogP contribution is 1.89. The van der Waals surface area contributed by atoms with Gasteiger partial charge in [0.2, 0.25) is 0 Å². The zero-order valence-electron chi connectivity index (χ0n) is 6.82. The lowest BCUT2D eigenvalue weighted by Gasteiger charge is -2.13. The predicted octanol–water partition coefficient (Wildman–Crippen LogP) is -0.207. The summed E-state index contributed by atoms with van der Waals surface area (Å²) in [6, 6.07) is 0. The number of carbonyl (C=O) groups is 2. The Morgan fingerprint density at radius 2 is 2.17 bits per heavy atom. The van der Waals surface area contributed by atoms with Gasteiger partial charge in [-0.1, -0.05) is 0 Å². The zero-order valence-corrected chi connectivity index (χ0v) is 6.82. The van der Waals surface area contributed by atoms with Gasteiger partial charge in [0.1, 0.15) is 0 Å². The molecule has 0 aromatic heterocycles. The van der Waals surface area contributed by atoms with E-state index in [4.69, 9.17) is 10.9 Å². The maximum Gasteiger partial charge on any atom is 0.424 e. The van der Waals surface area contributed by atoms with Gasteiger partial charge in [-0.25, -0.2) is 15.6 Å². The first kappa shape index (κ1) is 10.7. The summed E-state index contributed by atoms with van der Waals surface area (Å²) in [5, 5.41) is 8.97. The molecule has 1 amide bonds. The molecule has 0 bridgehead atoms. The minimum atomic E-state index is -1.00. The Morgan fingerprint density at radius 1 is 1.58 bits per heavy atom. The van der Waals surface area contributed by atoms with Crippen LogP contribution in [0.1, 0.15) is 13.3 Å². The Kier molecular flexibility index (Phi) is 4.78. The summed E-state index contributed by atoms with van der Waals surface area (Å²) in [4.78, 5) is 20.8. The van der Waals surface area contributed by atoms with Crippen molar-refractivity contribution in [2.45, 2.75) is 13.3 Å². The third kappa shape index (κ3) is 4.51. The second-order valence-corrected chi connectivity index (χ2v) is 2.04. The maximum atomic E-state index is 10.7. The van der Waals surface area contributed by atoms with Gasteiger partial charge in [0.05, 0.1) is 19.6 Å². The van der Waals surface area contributed by atoms with Crippen LogP contribution >= 0.6 is 0 Å². The molecule has 0 rings (SSSR count). The molecule has 6 nitrogen and oxygen atoms in total. The molecule has 0 spiro atoms. The highest BCUT2D eigenvalue weighted by molar-refractivity contribution is 5.70. The van der Waals surface area contributed by atoms with E-state index in [-0.39, 0.29) is 19.6 Å². The number of carboxylic acids is 1. The van der Waals surface area contributed by atoms with Crippen molar-refractivity contribution in [3.05, 3.63) is 0 Å². The van der Waals surface area contributed by atoms with E-state index in [1.165, 1.54) is 0 Å². The van der Waals surface area contributed by atoms with Crippen molar-refractivity contribution in [2.24, 2.45) is 5.84 Å². The van der Waals surface area contributed by atoms with Crippen LogP contribution in [0, 0.1) is 0 Å². The fourth-order valence-electron chi connectivity index (χ4n) is 0.514. The van der Waals surface area contributed by atoms with Gasteiger partial charge in [-0.2, -0.15) is 0 Å². The van der Waals surface area contributed by atoms with Crippen LogP contribution < -0.4 is 5.84 Å². The van der Waals surface area contributed by atoms with Crippen LogP contribution in [-0.2, 0) is 9.53 Å². The Labute approximate surface area is 69.9 Å².